The summed E-state index contributed by atoms with van der Waals surface area (Å²) in [6.45, 7) is 7.87. The van der Waals surface area contributed by atoms with Crippen molar-refractivity contribution < 1.29 is 14.3 Å². The van der Waals surface area contributed by atoms with Crippen LogP contribution in [0.3, 0.4) is 0 Å². The third-order valence-corrected chi connectivity index (χ3v) is 5.12. The highest BCUT2D eigenvalue weighted by Crippen LogP contribution is 2.33. The molecule has 5 nitrogen and oxygen atoms in total. The topological polar surface area (TPSA) is 50.8 Å². The van der Waals surface area contributed by atoms with Gasteiger partial charge < -0.3 is 19.7 Å². The summed E-state index contributed by atoms with van der Waals surface area (Å²) in [6.07, 6.45) is 2.69. The molecule has 2 aliphatic heterocycles. The summed E-state index contributed by atoms with van der Waals surface area (Å²) < 4.78 is 11.4. The van der Waals surface area contributed by atoms with E-state index in [4.69, 9.17) is 9.47 Å². The Bertz CT molecular complexity index is 576. The Morgan fingerprint density at radius 2 is 2.12 bits per heavy atom. The summed E-state index contributed by atoms with van der Waals surface area (Å²) in [6, 6.07) is 6.51. The van der Waals surface area contributed by atoms with Crippen LogP contribution in [0.15, 0.2) is 18.2 Å². The molecule has 0 aromatic heterocycles. The highest BCUT2D eigenvalue weighted by atomic mass is 16.6. The molecule has 2 heterocycles. The molecule has 0 saturated carbocycles. The molecule has 24 heavy (non-hydrogen) atoms. The number of ether oxygens (including phenoxy) is 2. The van der Waals surface area contributed by atoms with Crippen LogP contribution in [0.25, 0.3) is 0 Å². The molecule has 0 spiro atoms. The normalized spacial score (nSPS) is 23.2. The van der Waals surface area contributed by atoms with Gasteiger partial charge in [-0.05, 0) is 18.4 Å². The average Bonchev–Trinajstić information content (AvgIpc) is 2.65. The zero-order valence-corrected chi connectivity index (χ0v) is 14.7. The fourth-order valence-corrected chi connectivity index (χ4v) is 3.68. The van der Waals surface area contributed by atoms with Crippen LogP contribution < -0.4 is 14.8 Å². The van der Waals surface area contributed by atoms with Crippen LogP contribution in [0.2, 0.25) is 0 Å². The maximum atomic E-state index is 11.9. The quantitative estimate of drug-likeness (QED) is 0.900. The zero-order chi connectivity index (χ0) is 16.9. The van der Waals surface area contributed by atoms with E-state index in [-0.39, 0.29) is 5.91 Å². The molecule has 132 valence electrons. The van der Waals surface area contributed by atoms with Crippen LogP contribution >= 0.6 is 0 Å². The van der Waals surface area contributed by atoms with Crippen molar-refractivity contribution in [3.05, 3.63) is 23.8 Å². The Morgan fingerprint density at radius 1 is 1.29 bits per heavy atom. The molecule has 1 amide bonds. The number of fused-ring (bicyclic) bond motifs is 1. The molecular formula is C19H28N2O3. The second-order valence-corrected chi connectivity index (χ2v) is 6.58. The van der Waals surface area contributed by atoms with Crippen LogP contribution in [0.5, 0.6) is 11.5 Å². The van der Waals surface area contributed by atoms with E-state index in [1.807, 2.05) is 24.0 Å². The van der Waals surface area contributed by atoms with Crippen LogP contribution in [-0.4, -0.2) is 43.2 Å². The Morgan fingerprint density at radius 3 is 2.92 bits per heavy atom. The van der Waals surface area contributed by atoms with Crippen LogP contribution in [0, 0.1) is 5.92 Å². The summed E-state index contributed by atoms with van der Waals surface area (Å²) in [5.41, 5.74) is 1.15. The van der Waals surface area contributed by atoms with E-state index < -0.39 is 0 Å². The lowest BCUT2D eigenvalue weighted by Gasteiger charge is -2.39. The SMILES string of the molecule is CCC(=O)N1CC[C@@H](NCc2cccc3c2OCCO3)[C@@H](CC)C1. The van der Waals surface area contributed by atoms with E-state index in [1.54, 1.807) is 0 Å². The number of benzene rings is 1. The first kappa shape index (κ1) is 17.1. The molecule has 2 atom stereocenters. The third kappa shape index (κ3) is 3.66. The molecule has 0 bridgehead atoms. The highest BCUT2D eigenvalue weighted by Gasteiger charge is 2.29. The Kier molecular flexibility index (Phi) is 5.61. The van der Waals surface area contributed by atoms with Crippen molar-refractivity contribution in [3.63, 3.8) is 0 Å². The second-order valence-electron chi connectivity index (χ2n) is 6.58. The van der Waals surface area contributed by atoms with Gasteiger partial charge in [0.1, 0.15) is 13.2 Å². The van der Waals surface area contributed by atoms with E-state index in [1.165, 1.54) is 0 Å². The monoisotopic (exact) mass is 332 g/mol. The Balaban J connectivity index is 1.61. The van der Waals surface area contributed by atoms with Crippen molar-refractivity contribution in [2.24, 2.45) is 5.92 Å². The number of para-hydroxylation sites is 1. The lowest BCUT2D eigenvalue weighted by Crippen LogP contribution is -2.50. The molecule has 0 aliphatic carbocycles. The van der Waals surface area contributed by atoms with Crippen molar-refractivity contribution in [2.75, 3.05) is 26.3 Å². The number of hydrogen-bond donors (Lipinski definition) is 1. The fraction of sp³-hybridized carbons (Fsp3) is 0.632. The van der Waals surface area contributed by atoms with Crippen molar-refractivity contribution in [1.29, 1.82) is 0 Å². The van der Waals surface area contributed by atoms with Gasteiger partial charge in [0.05, 0.1) is 0 Å². The second kappa shape index (κ2) is 7.88. The molecule has 1 saturated heterocycles. The average molecular weight is 332 g/mol. The van der Waals surface area contributed by atoms with Crippen molar-refractivity contribution in [2.45, 2.75) is 45.7 Å². The van der Waals surface area contributed by atoms with Gasteiger partial charge >= 0.3 is 0 Å². The molecule has 1 aromatic rings. The Labute approximate surface area is 144 Å². The summed E-state index contributed by atoms with van der Waals surface area (Å²) >= 11 is 0. The van der Waals surface area contributed by atoms with E-state index >= 15 is 0 Å². The van der Waals surface area contributed by atoms with Gasteiger partial charge in [-0.15, -0.1) is 0 Å². The first-order valence-electron chi connectivity index (χ1n) is 9.11. The number of nitrogens with one attached hydrogen (secondary N) is 1. The summed E-state index contributed by atoms with van der Waals surface area (Å²) in [7, 11) is 0. The predicted octanol–water partition coefficient (Wildman–Crippen LogP) is 2.58. The number of carbonyl (C=O) groups excluding carboxylic acids is 1. The predicted molar refractivity (Wildman–Crippen MR) is 93.3 cm³/mol. The highest BCUT2D eigenvalue weighted by molar-refractivity contribution is 5.75. The minimum atomic E-state index is 0.273. The third-order valence-electron chi connectivity index (χ3n) is 5.12. The van der Waals surface area contributed by atoms with E-state index in [0.717, 1.165) is 49.5 Å². The molecule has 3 rings (SSSR count). The molecular weight excluding hydrogens is 304 g/mol. The maximum absolute atomic E-state index is 11.9. The lowest BCUT2D eigenvalue weighted by molar-refractivity contribution is -0.133. The fourth-order valence-electron chi connectivity index (χ4n) is 3.68. The number of rotatable bonds is 5. The van der Waals surface area contributed by atoms with Gasteiger partial charge in [0, 0.05) is 37.7 Å². The van der Waals surface area contributed by atoms with Crippen LogP contribution in [0.4, 0.5) is 0 Å². The molecule has 1 fully saturated rings. The largest absolute Gasteiger partial charge is 0.486 e. The number of likely N-dealkylation sites (tertiary alicyclic amines) is 1. The van der Waals surface area contributed by atoms with Crippen molar-refractivity contribution >= 4 is 5.91 Å². The van der Waals surface area contributed by atoms with Gasteiger partial charge in [-0.2, -0.15) is 0 Å². The number of carbonyl (C=O) groups is 1. The van der Waals surface area contributed by atoms with Gasteiger partial charge in [0.2, 0.25) is 5.91 Å². The minimum absolute atomic E-state index is 0.273. The van der Waals surface area contributed by atoms with Gasteiger partial charge in [-0.25, -0.2) is 0 Å². The standard InChI is InChI=1S/C19H28N2O3/c1-3-14-13-21(18(22)4-2)9-8-16(14)20-12-15-6-5-7-17-19(15)24-11-10-23-17/h5-7,14,16,20H,3-4,8-13H2,1-2H3/t14-,16+/m0/s1. The summed E-state index contributed by atoms with van der Waals surface area (Å²) in [5.74, 6) is 2.50. The first-order chi connectivity index (χ1) is 11.7. The van der Waals surface area contributed by atoms with E-state index in [9.17, 15) is 4.79 Å². The molecule has 5 heteroatoms. The van der Waals surface area contributed by atoms with Crippen molar-refractivity contribution in [3.8, 4) is 11.5 Å². The number of hydrogen-bond acceptors (Lipinski definition) is 4. The molecule has 0 unspecified atom stereocenters. The molecule has 1 aromatic carbocycles. The zero-order valence-electron chi connectivity index (χ0n) is 14.7. The first-order valence-corrected chi connectivity index (χ1v) is 9.11. The number of piperidine rings is 1. The van der Waals surface area contributed by atoms with Crippen LogP contribution in [-0.2, 0) is 11.3 Å². The van der Waals surface area contributed by atoms with E-state index in [2.05, 4.69) is 18.3 Å². The molecule has 2 aliphatic rings. The summed E-state index contributed by atoms with van der Waals surface area (Å²) in [4.78, 5) is 14.0. The van der Waals surface area contributed by atoms with Gasteiger partial charge in [-0.1, -0.05) is 32.4 Å². The van der Waals surface area contributed by atoms with Crippen molar-refractivity contribution in [1.82, 2.24) is 10.2 Å². The van der Waals surface area contributed by atoms with Gasteiger partial charge in [0.25, 0.3) is 0 Å². The van der Waals surface area contributed by atoms with Gasteiger partial charge in [-0.3, -0.25) is 4.79 Å². The molecule has 1 N–H and O–H groups in total. The minimum Gasteiger partial charge on any atom is -0.486 e. The number of amides is 1. The molecule has 0 radical (unpaired) electrons. The maximum Gasteiger partial charge on any atom is 0.222 e. The van der Waals surface area contributed by atoms with E-state index in [0.29, 0.717) is 31.6 Å². The lowest BCUT2D eigenvalue weighted by atomic mass is 9.89. The Hall–Kier alpha value is -1.75. The number of nitrogens with zero attached hydrogens (tertiary/aromatic N) is 1. The smallest absolute Gasteiger partial charge is 0.222 e. The van der Waals surface area contributed by atoms with Gasteiger partial charge in [0.15, 0.2) is 11.5 Å². The summed E-state index contributed by atoms with van der Waals surface area (Å²) in [5, 5.41) is 3.69. The van der Waals surface area contributed by atoms with Crippen LogP contribution in [0.1, 0.15) is 38.7 Å².